The summed E-state index contributed by atoms with van der Waals surface area (Å²) >= 11 is 0. The molecule has 0 saturated carbocycles. The van der Waals surface area contributed by atoms with Crippen molar-refractivity contribution < 1.29 is 13.3 Å². The largest absolute Gasteiger partial charge is 0.500 e. The molecule has 0 aliphatic heterocycles. The molecule has 0 atom stereocenters. The van der Waals surface area contributed by atoms with E-state index in [0.717, 1.165) is 38.4 Å². The van der Waals surface area contributed by atoms with Crippen molar-refractivity contribution in [2.75, 3.05) is 47.0 Å². The van der Waals surface area contributed by atoms with Crippen molar-refractivity contribution >= 4 is 14.5 Å². The first-order chi connectivity index (χ1) is 10.5. The van der Waals surface area contributed by atoms with Crippen LogP contribution in [0.1, 0.15) is 47.0 Å². The van der Waals surface area contributed by atoms with Gasteiger partial charge in [-0.15, -0.1) is 0 Å². The highest BCUT2D eigenvalue weighted by Gasteiger charge is 2.39. The second-order valence-corrected chi connectivity index (χ2v) is 8.17. The number of hydrogen-bond acceptors (Lipinski definition) is 5. The maximum absolute atomic E-state index is 5.86. The minimum absolute atomic E-state index is 0.637. The topological polar surface area (TPSA) is 43.3 Å². The molecule has 0 rings (SSSR count). The molecule has 132 valence electrons. The van der Waals surface area contributed by atoms with Crippen LogP contribution in [0.4, 0.5) is 0 Å². The van der Waals surface area contributed by atoms with E-state index in [2.05, 4.69) is 25.9 Å². The van der Waals surface area contributed by atoms with E-state index in [1.807, 2.05) is 20.8 Å². The number of nitrogens with zero attached hydrogens (tertiary/aromatic N) is 2. The summed E-state index contributed by atoms with van der Waals surface area (Å²) in [5.41, 5.74) is 1.30. The lowest BCUT2D eigenvalue weighted by atomic mass is 10.2. The Morgan fingerprint density at radius 2 is 1.50 bits per heavy atom. The first-order valence-corrected chi connectivity index (χ1v) is 10.5. The van der Waals surface area contributed by atoms with Gasteiger partial charge in [0.15, 0.2) is 0 Å². The maximum atomic E-state index is 5.86. The summed E-state index contributed by atoms with van der Waals surface area (Å²) in [5.74, 6) is 0. The molecular formula is C16H36N2O3Si. The Labute approximate surface area is 138 Å². The predicted octanol–water partition coefficient (Wildman–Crippen LogP) is 3.23. The smallest absolute Gasteiger partial charge is 0.374 e. The van der Waals surface area contributed by atoms with Crippen LogP contribution in [0, 0.1) is 0 Å². The minimum Gasteiger partial charge on any atom is -0.374 e. The maximum Gasteiger partial charge on any atom is 0.500 e. The van der Waals surface area contributed by atoms with E-state index >= 15 is 0 Å². The third-order valence-corrected chi connectivity index (χ3v) is 6.48. The Morgan fingerprint density at radius 1 is 0.955 bits per heavy atom. The summed E-state index contributed by atoms with van der Waals surface area (Å²) in [7, 11) is 1.70. The van der Waals surface area contributed by atoms with Crippen LogP contribution in [0.25, 0.3) is 0 Å². The fraction of sp³-hybridized carbons (Fsp3) is 0.938. The molecule has 0 N–H and O–H groups in total. The van der Waals surface area contributed by atoms with E-state index in [0.29, 0.717) is 19.8 Å². The summed E-state index contributed by atoms with van der Waals surface area (Å²) in [4.78, 5) is 6.94. The molecule has 5 nitrogen and oxygen atoms in total. The Morgan fingerprint density at radius 3 is 1.91 bits per heavy atom. The van der Waals surface area contributed by atoms with Crippen LogP contribution in [0.2, 0.25) is 6.04 Å². The first-order valence-electron chi connectivity index (χ1n) is 8.62. The summed E-state index contributed by atoms with van der Waals surface area (Å²) in [6.45, 7) is 12.0. The van der Waals surface area contributed by atoms with Gasteiger partial charge in [-0.3, -0.25) is 4.99 Å². The van der Waals surface area contributed by atoms with Crippen molar-refractivity contribution in [3.63, 3.8) is 0 Å². The van der Waals surface area contributed by atoms with Crippen molar-refractivity contribution in [1.82, 2.24) is 4.90 Å². The minimum atomic E-state index is -2.49. The molecule has 0 heterocycles. The zero-order chi connectivity index (χ0) is 16.8. The third-order valence-electron chi connectivity index (χ3n) is 3.32. The van der Waals surface area contributed by atoms with Crippen LogP contribution in [0.15, 0.2) is 4.99 Å². The molecule has 0 bridgehead atoms. The molecular weight excluding hydrogens is 296 g/mol. The lowest BCUT2D eigenvalue weighted by Crippen LogP contribution is -2.46. The van der Waals surface area contributed by atoms with Crippen LogP contribution < -0.4 is 0 Å². The van der Waals surface area contributed by atoms with Crippen LogP contribution in [-0.4, -0.2) is 66.4 Å². The molecule has 0 spiro atoms. The van der Waals surface area contributed by atoms with Crippen molar-refractivity contribution in [3.8, 4) is 0 Å². The highest BCUT2D eigenvalue weighted by atomic mass is 28.4. The first kappa shape index (κ1) is 21.7. The van der Waals surface area contributed by atoms with Crippen molar-refractivity contribution in [2.45, 2.75) is 53.0 Å². The van der Waals surface area contributed by atoms with Gasteiger partial charge in [-0.2, -0.15) is 0 Å². The third kappa shape index (κ3) is 9.68. The summed E-state index contributed by atoms with van der Waals surface area (Å²) < 4.78 is 17.6. The highest BCUT2D eigenvalue weighted by Crippen LogP contribution is 2.18. The second-order valence-electron chi connectivity index (χ2n) is 5.44. The van der Waals surface area contributed by atoms with Crippen molar-refractivity contribution in [3.05, 3.63) is 0 Å². The van der Waals surface area contributed by atoms with E-state index in [1.54, 1.807) is 0 Å². The van der Waals surface area contributed by atoms with Gasteiger partial charge < -0.3 is 18.2 Å². The zero-order valence-electron chi connectivity index (χ0n) is 15.5. The fourth-order valence-electron chi connectivity index (χ4n) is 2.25. The van der Waals surface area contributed by atoms with Gasteiger partial charge in [0, 0.05) is 44.7 Å². The molecule has 0 amide bonds. The molecule has 0 aliphatic rings. The monoisotopic (exact) mass is 332 g/mol. The normalized spacial score (nSPS) is 13.1. The van der Waals surface area contributed by atoms with Crippen molar-refractivity contribution in [1.29, 1.82) is 0 Å². The van der Waals surface area contributed by atoms with E-state index in [4.69, 9.17) is 18.3 Å². The number of hydrogen-bond donors (Lipinski definition) is 0. The molecule has 0 aromatic carbocycles. The van der Waals surface area contributed by atoms with E-state index < -0.39 is 8.80 Å². The number of aliphatic imine (C=N–C) groups is 1. The fourth-order valence-corrected chi connectivity index (χ4v) is 4.85. The van der Waals surface area contributed by atoms with E-state index in [1.165, 1.54) is 5.71 Å². The molecule has 22 heavy (non-hydrogen) atoms. The molecule has 0 aromatic heterocycles. The molecule has 6 heteroatoms. The van der Waals surface area contributed by atoms with Crippen LogP contribution in [0.3, 0.4) is 0 Å². The van der Waals surface area contributed by atoms with Crippen LogP contribution in [0.5, 0.6) is 0 Å². The molecule has 0 aromatic rings. The van der Waals surface area contributed by atoms with Gasteiger partial charge in [-0.05, 0) is 54.1 Å². The van der Waals surface area contributed by atoms with Gasteiger partial charge >= 0.3 is 8.80 Å². The van der Waals surface area contributed by atoms with Crippen molar-refractivity contribution in [2.24, 2.45) is 4.99 Å². The molecule has 0 fully saturated rings. The van der Waals surface area contributed by atoms with Gasteiger partial charge in [-0.1, -0.05) is 6.92 Å². The summed E-state index contributed by atoms with van der Waals surface area (Å²) in [6.07, 6.45) is 3.03. The Kier molecular flexibility index (Phi) is 13.0. The standard InChI is InChI=1S/C16H36N2O3Si/c1-7-16(12-14-18(5)6)17-13-11-15-22(19-8-2,20-9-3)21-10-4/h7-15H2,1-6H3. The Balaban J connectivity index is 4.39. The average Bonchev–Trinajstić information content (AvgIpc) is 2.47. The molecule has 0 radical (unpaired) electrons. The second kappa shape index (κ2) is 13.2. The SMILES string of the molecule is CCO[Si](CCCN=C(CC)CCN(C)C)(OCC)OCC. The summed E-state index contributed by atoms with van der Waals surface area (Å²) in [5, 5.41) is 0. The Hall–Kier alpha value is -0.273. The number of rotatable bonds is 14. The van der Waals surface area contributed by atoms with Gasteiger partial charge in [0.05, 0.1) is 0 Å². The molecule has 0 aliphatic carbocycles. The lowest BCUT2D eigenvalue weighted by molar-refractivity contribution is 0.0710. The van der Waals surface area contributed by atoms with Gasteiger partial charge in [0.1, 0.15) is 0 Å². The van der Waals surface area contributed by atoms with E-state index in [-0.39, 0.29) is 0 Å². The molecule has 0 unspecified atom stereocenters. The van der Waals surface area contributed by atoms with Crippen LogP contribution in [-0.2, 0) is 13.3 Å². The summed E-state index contributed by atoms with van der Waals surface area (Å²) in [6, 6.07) is 0.844. The quantitative estimate of drug-likeness (QED) is 0.278. The van der Waals surface area contributed by atoms with Gasteiger partial charge in [-0.25, -0.2) is 0 Å². The average molecular weight is 333 g/mol. The Bertz CT molecular complexity index is 282. The van der Waals surface area contributed by atoms with E-state index in [9.17, 15) is 0 Å². The molecule has 0 saturated heterocycles. The van der Waals surface area contributed by atoms with Crippen LogP contribution >= 0.6 is 0 Å². The van der Waals surface area contributed by atoms with Gasteiger partial charge in [0.2, 0.25) is 0 Å². The lowest BCUT2D eigenvalue weighted by Gasteiger charge is -2.28. The highest BCUT2D eigenvalue weighted by molar-refractivity contribution is 6.60. The van der Waals surface area contributed by atoms with Gasteiger partial charge in [0.25, 0.3) is 0 Å². The zero-order valence-corrected chi connectivity index (χ0v) is 16.5. The predicted molar refractivity (Wildman–Crippen MR) is 95.8 cm³/mol.